The first kappa shape index (κ1) is 18.8. The summed E-state index contributed by atoms with van der Waals surface area (Å²) in [4.78, 5) is 26.3. The highest BCUT2D eigenvalue weighted by Gasteiger charge is 2.13. The summed E-state index contributed by atoms with van der Waals surface area (Å²) in [6.07, 6.45) is 0.887. The van der Waals surface area contributed by atoms with E-state index in [9.17, 15) is 9.59 Å². The number of aryl methyl sites for hydroxylation is 4. The van der Waals surface area contributed by atoms with Gasteiger partial charge in [-0.05, 0) is 69.2 Å². The number of carbonyl (C=O) groups is 2. The molecule has 0 fully saturated rings. The van der Waals surface area contributed by atoms with E-state index in [1.807, 2.05) is 49.7 Å². The van der Waals surface area contributed by atoms with E-state index in [-0.39, 0.29) is 11.8 Å². The molecule has 7 heteroatoms. The van der Waals surface area contributed by atoms with Gasteiger partial charge in [0, 0.05) is 16.1 Å². The number of hydrogen-bond donors (Lipinski definition) is 2. The van der Waals surface area contributed by atoms with Gasteiger partial charge < -0.3 is 0 Å². The van der Waals surface area contributed by atoms with Crippen LogP contribution in [0.5, 0.6) is 0 Å². The fourth-order valence-electron chi connectivity index (χ4n) is 2.87. The Bertz CT molecular complexity index is 986. The van der Waals surface area contributed by atoms with Crippen molar-refractivity contribution in [2.24, 2.45) is 0 Å². The summed E-state index contributed by atoms with van der Waals surface area (Å²) in [6.45, 7) is 7.95. The fraction of sp³-hybridized carbons (Fsp3) is 0.250. The second-order valence-corrected chi connectivity index (χ2v) is 7.50. The molecule has 0 atom stereocenters. The van der Waals surface area contributed by atoms with Crippen molar-refractivity contribution in [1.29, 1.82) is 0 Å². The molecule has 2 aromatic heterocycles. The zero-order valence-corrected chi connectivity index (χ0v) is 16.6. The average Bonchev–Trinajstić information content (AvgIpc) is 3.20. The van der Waals surface area contributed by atoms with Crippen LogP contribution < -0.4 is 10.9 Å². The lowest BCUT2D eigenvalue weighted by Gasteiger charge is -2.08. The Morgan fingerprint density at radius 3 is 2.26 bits per heavy atom. The molecule has 0 aliphatic carbocycles. The summed E-state index contributed by atoms with van der Waals surface area (Å²) in [6, 6.07) is 10.9. The minimum Gasteiger partial charge on any atom is -0.267 e. The molecule has 0 bridgehead atoms. The Morgan fingerprint density at radius 2 is 1.70 bits per heavy atom. The summed E-state index contributed by atoms with van der Waals surface area (Å²) in [5.41, 5.74) is 9.33. The largest absolute Gasteiger partial charge is 0.279 e. The highest BCUT2D eigenvalue weighted by molar-refractivity contribution is 7.14. The monoisotopic (exact) mass is 382 g/mol. The number of hydrogen-bond acceptors (Lipinski definition) is 4. The van der Waals surface area contributed by atoms with Gasteiger partial charge >= 0.3 is 0 Å². The first-order chi connectivity index (χ1) is 12.9. The summed E-state index contributed by atoms with van der Waals surface area (Å²) >= 11 is 1.44. The first-order valence-electron chi connectivity index (χ1n) is 8.72. The number of rotatable bonds is 4. The molecule has 3 rings (SSSR count). The number of nitrogens with zero attached hydrogens (tertiary/aromatic N) is 2. The third kappa shape index (κ3) is 4.09. The van der Waals surface area contributed by atoms with Gasteiger partial charge in [0.05, 0.1) is 16.3 Å². The van der Waals surface area contributed by atoms with Gasteiger partial charge in [0.1, 0.15) is 0 Å². The number of thiophene rings is 1. The molecule has 6 nitrogen and oxygen atoms in total. The third-order valence-corrected chi connectivity index (χ3v) is 5.62. The minimum absolute atomic E-state index is 0.310. The van der Waals surface area contributed by atoms with Gasteiger partial charge in [-0.15, -0.1) is 11.3 Å². The number of hydrazine groups is 1. The van der Waals surface area contributed by atoms with Gasteiger partial charge in [-0.1, -0.05) is 6.92 Å². The molecule has 0 aliphatic heterocycles. The molecule has 27 heavy (non-hydrogen) atoms. The number of aromatic nitrogens is 2. The lowest BCUT2D eigenvalue weighted by molar-refractivity contribution is 0.0849. The standard InChI is InChI=1S/C20H22N4O2S/c1-5-17-12(2)10-18(27-17)20(26)22-21-19(25)15-6-8-16(9-7-15)24-14(4)11-13(3)23-24/h6-11H,5H2,1-4H3,(H,21,25)(H,22,26). The van der Waals surface area contributed by atoms with E-state index in [0.717, 1.165) is 29.1 Å². The lowest BCUT2D eigenvalue weighted by Crippen LogP contribution is -2.41. The molecule has 3 aromatic rings. The smallest absolute Gasteiger partial charge is 0.267 e. The van der Waals surface area contributed by atoms with Crippen LogP contribution in [0.3, 0.4) is 0 Å². The topological polar surface area (TPSA) is 76.0 Å². The third-order valence-electron chi connectivity index (χ3n) is 4.24. The number of nitrogens with one attached hydrogen (secondary N) is 2. The minimum atomic E-state index is -0.368. The van der Waals surface area contributed by atoms with E-state index in [1.54, 1.807) is 12.1 Å². The SMILES string of the molecule is CCc1sc(C(=O)NNC(=O)c2ccc(-n3nc(C)cc3C)cc2)cc1C. The molecular formula is C20H22N4O2S. The average molecular weight is 382 g/mol. The molecule has 1 aromatic carbocycles. The van der Waals surface area contributed by atoms with Crippen molar-refractivity contribution in [3.63, 3.8) is 0 Å². The maximum Gasteiger partial charge on any atom is 0.279 e. The van der Waals surface area contributed by atoms with Gasteiger partial charge in [0.15, 0.2) is 0 Å². The van der Waals surface area contributed by atoms with Crippen molar-refractivity contribution in [2.75, 3.05) is 0 Å². The van der Waals surface area contributed by atoms with Crippen LogP contribution in [-0.2, 0) is 6.42 Å². The molecule has 0 aliphatic rings. The molecule has 0 unspecified atom stereocenters. The predicted octanol–water partition coefficient (Wildman–Crippen LogP) is 3.50. The molecule has 140 valence electrons. The Balaban J connectivity index is 1.64. The lowest BCUT2D eigenvalue weighted by atomic mass is 10.2. The van der Waals surface area contributed by atoms with E-state index in [4.69, 9.17) is 0 Å². The zero-order valence-electron chi connectivity index (χ0n) is 15.8. The number of benzene rings is 1. The first-order valence-corrected chi connectivity index (χ1v) is 9.54. The van der Waals surface area contributed by atoms with Crippen LogP contribution in [0, 0.1) is 20.8 Å². The normalized spacial score (nSPS) is 10.7. The summed E-state index contributed by atoms with van der Waals surface area (Å²) in [5.74, 6) is -0.678. The predicted molar refractivity (Wildman–Crippen MR) is 106 cm³/mol. The van der Waals surface area contributed by atoms with Gasteiger partial charge in [-0.3, -0.25) is 20.4 Å². The highest BCUT2D eigenvalue weighted by atomic mass is 32.1. The van der Waals surface area contributed by atoms with Crippen LogP contribution in [0.2, 0.25) is 0 Å². The van der Waals surface area contributed by atoms with E-state index in [2.05, 4.69) is 22.9 Å². The Morgan fingerprint density at radius 1 is 1.04 bits per heavy atom. The van der Waals surface area contributed by atoms with E-state index < -0.39 is 0 Å². The van der Waals surface area contributed by atoms with Gasteiger partial charge in [0.25, 0.3) is 11.8 Å². The summed E-state index contributed by atoms with van der Waals surface area (Å²) < 4.78 is 1.82. The quantitative estimate of drug-likeness (QED) is 0.678. The fourth-order valence-corrected chi connectivity index (χ4v) is 3.88. The van der Waals surface area contributed by atoms with Crippen molar-refractivity contribution in [3.8, 4) is 5.69 Å². The maximum absolute atomic E-state index is 12.3. The molecular weight excluding hydrogens is 360 g/mol. The second-order valence-electron chi connectivity index (χ2n) is 6.36. The molecule has 2 amide bonds. The maximum atomic E-state index is 12.3. The molecule has 2 N–H and O–H groups in total. The van der Waals surface area contributed by atoms with Crippen molar-refractivity contribution >= 4 is 23.2 Å². The number of carbonyl (C=O) groups excluding carboxylic acids is 2. The molecule has 0 radical (unpaired) electrons. The van der Waals surface area contributed by atoms with Crippen LogP contribution in [0.15, 0.2) is 36.4 Å². The van der Waals surface area contributed by atoms with Gasteiger partial charge in [-0.25, -0.2) is 4.68 Å². The second kappa shape index (κ2) is 7.75. The van der Waals surface area contributed by atoms with Crippen LogP contribution in [0.4, 0.5) is 0 Å². The highest BCUT2D eigenvalue weighted by Crippen LogP contribution is 2.22. The van der Waals surface area contributed by atoms with E-state index in [0.29, 0.717) is 10.4 Å². The summed E-state index contributed by atoms with van der Waals surface area (Å²) in [5, 5.41) is 4.42. The zero-order chi connectivity index (χ0) is 19.6. The molecule has 0 saturated heterocycles. The molecule has 0 spiro atoms. The van der Waals surface area contributed by atoms with Crippen molar-refractivity contribution < 1.29 is 9.59 Å². The van der Waals surface area contributed by atoms with Gasteiger partial charge in [-0.2, -0.15) is 5.10 Å². The number of amides is 2. The summed E-state index contributed by atoms with van der Waals surface area (Å²) in [7, 11) is 0. The van der Waals surface area contributed by atoms with Crippen LogP contribution in [0.25, 0.3) is 5.69 Å². The van der Waals surface area contributed by atoms with Crippen molar-refractivity contribution in [3.05, 3.63) is 68.7 Å². The Hall–Kier alpha value is -2.93. The Labute approximate surface area is 162 Å². The van der Waals surface area contributed by atoms with Crippen LogP contribution in [0.1, 0.15) is 48.8 Å². The van der Waals surface area contributed by atoms with E-state index >= 15 is 0 Å². The van der Waals surface area contributed by atoms with Crippen LogP contribution in [-0.4, -0.2) is 21.6 Å². The molecule has 2 heterocycles. The van der Waals surface area contributed by atoms with E-state index in [1.165, 1.54) is 16.2 Å². The van der Waals surface area contributed by atoms with Gasteiger partial charge in [0.2, 0.25) is 0 Å². The molecule has 0 saturated carbocycles. The van der Waals surface area contributed by atoms with Crippen LogP contribution >= 0.6 is 11.3 Å². The van der Waals surface area contributed by atoms with Crippen molar-refractivity contribution in [2.45, 2.75) is 34.1 Å². The Kier molecular flexibility index (Phi) is 5.41. The van der Waals surface area contributed by atoms with Crippen molar-refractivity contribution in [1.82, 2.24) is 20.6 Å².